The van der Waals surface area contributed by atoms with E-state index in [-0.39, 0.29) is 5.63 Å². The quantitative estimate of drug-likeness (QED) is 0.605. The van der Waals surface area contributed by atoms with Gasteiger partial charge in [0.2, 0.25) is 0 Å². The van der Waals surface area contributed by atoms with Crippen molar-refractivity contribution < 1.29 is 4.42 Å². The minimum Gasteiger partial charge on any atom is -0.431 e. The molecule has 142 valence electrons. The zero-order chi connectivity index (χ0) is 17.9. The van der Waals surface area contributed by atoms with E-state index >= 15 is 0 Å². The van der Waals surface area contributed by atoms with Crippen molar-refractivity contribution in [1.82, 2.24) is 0 Å². The first-order valence-corrected chi connectivity index (χ1v) is 11.1. The van der Waals surface area contributed by atoms with Crippen LogP contribution in [0.1, 0.15) is 89.5 Å². The lowest BCUT2D eigenvalue weighted by molar-refractivity contribution is -0.106. The third kappa shape index (κ3) is 2.33. The number of hydrogen-bond acceptors (Lipinski definition) is 2. The zero-order valence-corrected chi connectivity index (χ0v) is 16.5. The van der Waals surface area contributed by atoms with Gasteiger partial charge in [-0.05, 0) is 103 Å². The summed E-state index contributed by atoms with van der Waals surface area (Å²) in [6.45, 7) is 5.22. The van der Waals surface area contributed by atoms with Crippen LogP contribution in [0, 0.1) is 34.5 Å². The molecule has 0 amide bonds. The Kier molecular flexibility index (Phi) is 3.92. The van der Waals surface area contributed by atoms with Gasteiger partial charge in [-0.15, -0.1) is 0 Å². The van der Waals surface area contributed by atoms with Crippen LogP contribution in [0.25, 0.3) is 0 Å². The Morgan fingerprint density at radius 3 is 2.54 bits per heavy atom. The first-order valence-electron chi connectivity index (χ1n) is 11.1. The predicted molar refractivity (Wildman–Crippen MR) is 104 cm³/mol. The van der Waals surface area contributed by atoms with E-state index in [0.29, 0.717) is 16.7 Å². The maximum Gasteiger partial charge on any atom is 0.335 e. The number of fused-ring (bicyclic) bond motifs is 5. The highest BCUT2D eigenvalue weighted by Crippen LogP contribution is 2.68. The van der Waals surface area contributed by atoms with Crippen molar-refractivity contribution in [2.45, 2.75) is 84.0 Å². The largest absolute Gasteiger partial charge is 0.431 e. The summed E-state index contributed by atoms with van der Waals surface area (Å²) in [5, 5.41) is 0. The third-order valence-corrected chi connectivity index (χ3v) is 9.71. The van der Waals surface area contributed by atoms with Gasteiger partial charge in [0.25, 0.3) is 0 Å². The summed E-state index contributed by atoms with van der Waals surface area (Å²) in [6, 6.07) is 3.65. The molecule has 0 aliphatic heterocycles. The van der Waals surface area contributed by atoms with Gasteiger partial charge >= 0.3 is 5.63 Å². The molecule has 1 aromatic rings. The van der Waals surface area contributed by atoms with Gasteiger partial charge in [0, 0.05) is 6.07 Å². The first-order chi connectivity index (χ1) is 12.5. The zero-order valence-electron chi connectivity index (χ0n) is 16.5. The normalized spacial score (nSPS) is 47.7. The van der Waals surface area contributed by atoms with Gasteiger partial charge in [-0.1, -0.05) is 26.7 Å². The van der Waals surface area contributed by atoms with Crippen molar-refractivity contribution in [3.8, 4) is 0 Å². The molecule has 0 N–H and O–H groups in total. The highest BCUT2D eigenvalue weighted by atomic mass is 16.4. The van der Waals surface area contributed by atoms with Crippen LogP contribution in [0.5, 0.6) is 0 Å². The van der Waals surface area contributed by atoms with E-state index in [0.717, 1.165) is 23.7 Å². The Balaban J connectivity index is 1.45. The fraction of sp³-hybridized carbons (Fsp3) is 0.792. The lowest BCUT2D eigenvalue weighted by Crippen LogP contribution is -2.52. The molecule has 1 unspecified atom stereocenters. The summed E-state index contributed by atoms with van der Waals surface area (Å²) < 4.78 is 5.23. The Morgan fingerprint density at radius 2 is 1.73 bits per heavy atom. The summed E-state index contributed by atoms with van der Waals surface area (Å²) >= 11 is 0. The molecule has 2 heteroatoms. The summed E-state index contributed by atoms with van der Waals surface area (Å²) in [5.41, 5.74) is 2.07. The van der Waals surface area contributed by atoms with Crippen LogP contribution in [0.2, 0.25) is 0 Å². The fourth-order valence-corrected chi connectivity index (χ4v) is 8.41. The van der Waals surface area contributed by atoms with Crippen molar-refractivity contribution in [1.29, 1.82) is 0 Å². The molecule has 0 bridgehead atoms. The SMILES string of the molecule is C[C@]12CC[C@H]3[C@@H](CCC4CCCC[C@@]43C)[C@H]1CC[C@@H]2c1ccc(=O)oc1. The average molecular weight is 355 g/mol. The second kappa shape index (κ2) is 5.97. The second-order valence-electron chi connectivity index (χ2n) is 10.5. The summed E-state index contributed by atoms with van der Waals surface area (Å²) in [4.78, 5) is 11.4. The van der Waals surface area contributed by atoms with Crippen LogP contribution in [-0.2, 0) is 0 Å². The Hall–Kier alpha value is -1.05. The summed E-state index contributed by atoms with van der Waals surface area (Å²) in [7, 11) is 0. The van der Waals surface area contributed by atoms with Crippen LogP contribution in [0.3, 0.4) is 0 Å². The molecule has 2 nitrogen and oxygen atoms in total. The van der Waals surface area contributed by atoms with Gasteiger partial charge in [-0.25, -0.2) is 4.79 Å². The van der Waals surface area contributed by atoms with E-state index in [9.17, 15) is 4.79 Å². The van der Waals surface area contributed by atoms with Gasteiger partial charge in [0.05, 0.1) is 6.26 Å². The van der Waals surface area contributed by atoms with E-state index in [1.54, 1.807) is 12.3 Å². The molecule has 1 aromatic heterocycles. The van der Waals surface area contributed by atoms with Crippen LogP contribution in [-0.4, -0.2) is 0 Å². The minimum absolute atomic E-state index is 0.222. The van der Waals surface area contributed by atoms with Gasteiger partial charge < -0.3 is 4.42 Å². The highest BCUT2D eigenvalue weighted by Gasteiger charge is 2.59. The van der Waals surface area contributed by atoms with E-state index < -0.39 is 0 Å². The molecule has 4 aliphatic carbocycles. The Labute approximate surface area is 157 Å². The van der Waals surface area contributed by atoms with Gasteiger partial charge in [-0.2, -0.15) is 0 Å². The van der Waals surface area contributed by atoms with E-state index in [1.807, 2.05) is 6.07 Å². The topological polar surface area (TPSA) is 30.2 Å². The fourth-order valence-electron chi connectivity index (χ4n) is 8.41. The van der Waals surface area contributed by atoms with E-state index in [4.69, 9.17) is 4.42 Å². The summed E-state index contributed by atoms with van der Waals surface area (Å²) in [6.07, 6.45) is 16.1. The van der Waals surface area contributed by atoms with Gasteiger partial charge in [0.1, 0.15) is 0 Å². The van der Waals surface area contributed by atoms with E-state index in [2.05, 4.69) is 13.8 Å². The molecule has 4 fully saturated rings. The lowest BCUT2D eigenvalue weighted by atomic mass is 9.45. The molecule has 5 rings (SSSR count). The van der Waals surface area contributed by atoms with Crippen LogP contribution < -0.4 is 5.63 Å². The molecular formula is C24H34O2. The monoisotopic (exact) mass is 354 g/mol. The smallest absolute Gasteiger partial charge is 0.335 e. The van der Waals surface area contributed by atoms with Gasteiger partial charge in [-0.3, -0.25) is 0 Å². The maximum absolute atomic E-state index is 11.4. The van der Waals surface area contributed by atoms with Crippen LogP contribution in [0.4, 0.5) is 0 Å². The number of rotatable bonds is 1. The molecule has 1 heterocycles. The third-order valence-electron chi connectivity index (χ3n) is 9.71. The molecule has 26 heavy (non-hydrogen) atoms. The van der Waals surface area contributed by atoms with Crippen molar-refractivity contribution >= 4 is 0 Å². The van der Waals surface area contributed by atoms with Crippen molar-refractivity contribution in [2.24, 2.45) is 34.5 Å². The molecule has 0 aromatic carbocycles. The van der Waals surface area contributed by atoms with Gasteiger partial charge in [0.15, 0.2) is 0 Å². The lowest BCUT2D eigenvalue weighted by Gasteiger charge is -2.60. The molecular weight excluding hydrogens is 320 g/mol. The molecule has 0 radical (unpaired) electrons. The number of hydrogen-bond donors (Lipinski definition) is 0. The van der Waals surface area contributed by atoms with Crippen molar-refractivity contribution in [3.05, 3.63) is 34.4 Å². The first kappa shape index (κ1) is 17.1. The Bertz CT molecular complexity index is 715. The standard InChI is InChI=1S/C24H34O2/c1-23-13-4-3-5-17(23)7-8-18-20-10-9-19(16-6-11-22(25)26-15-16)24(20,2)14-12-21(18)23/h6,11,15,17-21H,3-5,7-10,12-14H2,1-2H3/t17?,18-,19+,20+,21-,23-,24+/m0/s1. The predicted octanol–water partition coefficient (Wildman–Crippen LogP) is 6.16. The highest BCUT2D eigenvalue weighted by molar-refractivity contribution is 5.22. The summed E-state index contributed by atoms with van der Waals surface area (Å²) in [5.74, 6) is 4.36. The molecule has 4 saturated carbocycles. The maximum atomic E-state index is 11.4. The van der Waals surface area contributed by atoms with Crippen molar-refractivity contribution in [2.75, 3.05) is 0 Å². The molecule has 7 atom stereocenters. The second-order valence-corrected chi connectivity index (χ2v) is 10.5. The van der Waals surface area contributed by atoms with Crippen molar-refractivity contribution in [3.63, 3.8) is 0 Å². The molecule has 0 saturated heterocycles. The van der Waals surface area contributed by atoms with Crippen LogP contribution in [0.15, 0.2) is 27.6 Å². The van der Waals surface area contributed by atoms with E-state index in [1.165, 1.54) is 69.8 Å². The van der Waals surface area contributed by atoms with Crippen LogP contribution >= 0.6 is 0 Å². The Morgan fingerprint density at radius 1 is 0.885 bits per heavy atom. The average Bonchev–Trinajstić information content (AvgIpc) is 2.99. The minimum atomic E-state index is -0.222. The molecule has 0 spiro atoms. The molecule has 4 aliphatic rings.